The van der Waals surface area contributed by atoms with Crippen molar-refractivity contribution < 1.29 is 0 Å². The SMILES string of the molecule is CCC(C)C(CN)N(Cc1ccsc1)C1CC1. The molecule has 1 aromatic heterocycles. The molecule has 0 radical (unpaired) electrons. The molecule has 1 aliphatic rings. The number of nitrogens with zero attached hydrogens (tertiary/aromatic N) is 1. The highest BCUT2D eigenvalue weighted by molar-refractivity contribution is 7.07. The third kappa shape index (κ3) is 3.30. The fourth-order valence-electron chi connectivity index (χ4n) is 2.48. The van der Waals surface area contributed by atoms with Crippen molar-refractivity contribution >= 4 is 11.3 Å². The Morgan fingerprint density at radius 2 is 2.29 bits per heavy atom. The minimum Gasteiger partial charge on any atom is -0.329 e. The molecule has 1 heterocycles. The molecule has 0 saturated heterocycles. The normalized spacial score (nSPS) is 19.5. The molecule has 2 nitrogen and oxygen atoms in total. The predicted molar refractivity (Wildman–Crippen MR) is 75.2 cm³/mol. The first-order valence-electron chi connectivity index (χ1n) is 6.73. The standard InChI is InChI=1S/C14H24N2S/c1-3-11(2)14(8-15)16(13-4-5-13)9-12-6-7-17-10-12/h6-7,10-11,13-14H,3-5,8-9,15H2,1-2H3. The molecule has 0 bridgehead atoms. The lowest BCUT2D eigenvalue weighted by molar-refractivity contribution is 0.133. The summed E-state index contributed by atoms with van der Waals surface area (Å²) in [7, 11) is 0. The van der Waals surface area contributed by atoms with Crippen molar-refractivity contribution in [1.82, 2.24) is 4.90 Å². The molecule has 17 heavy (non-hydrogen) atoms. The van der Waals surface area contributed by atoms with E-state index >= 15 is 0 Å². The van der Waals surface area contributed by atoms with Gasteiger partial charge in [-0.25, -0.2) is 0 Å². The average molecular weight is 252 g/mol. The van der Waals surface area contributed by atoms with Gasteiger partial charge in [0.2, 0.25) is 0 Å². The second-order valence-corrected chi connectivity index (χ2v) is 6.00. The van der Waals surface area contributed by atoms with Crippen molar-refractivity contribution in [3.8, 4) is 0 Å². The van der Waals surface area contributed by atoms with E-state index in [0.717, 1.165) is 19.1 Å². The fraction of sp³-hybridized carbons (Fsp3) is 0.714. The summed E-state index contributed by atoms with van der Waals surface area (Å²) in [4.78, 5) is 2.65. The number of hydrogen-bond acceptors (Lipinski definition) is 3. The Morgan fingerprint density at radius 1 is 1.53 bits per heavy atom. The Hall–Kier alpha value is -0.380. The molecule has 2 rings (SSSR count). The number of thiophene rings is 1. The van der Waals surface area contributed by atoms with Crippen LogP contribution in [0.25, 0.3) is 0 Å². The van der Waals surface area contributed by atoms with Crippen molar-refractivity contribution in [1.29, 1.82) is 0 Å². The van der Waals surface area contributed by atoms with Crippen LogP contribution in [0.15, 0.2) is 16.8 Å². The summed E-state index contributed by atoms with van der Waals surface area (Å²) in [5.74, 6) is 0.694. The smallest absolute Gasteiger partial charge is 0.0250 e. The molecule has 2 atom stereocenters. The molecule has 2 unspecified atom stereocenters. The first-order chi connectivity index (χ1) is 8.26. The second-order valence-electron chi connectivity index (χ2n) is 5.22. The Labute approximate surface area is 109 Å². The average Bonchev–Trinajstić information content (AvgIpc) is 3.06. The summed E-state index contributed by atoms with van der Waals surface area (Å²) >= 11 is 1.79. The van der Waals surface area contributed by atoms with E-state index in [2.05, 4.69) is 35.6 Å². The van der Waals surface area contributed by atoms with Crippen LogP contribution in [0.3, 0.4) is 0 Å². The molecule has 0 aromatic carbocycles. The zero-order valence-corrected chi connectivity index (χ0v) is 11.7. The van der Waals surface area contributed by atoms with E-state index in [1.807, 2.05) is 0 Å². The van der Waals surface area contributed by atoms with Gasteiger partial charge in [-0.3, -0.25) is 4.90 Å². The monoisotopic (exact) mass is 252 g/mol. The lowest BCUT2D eigenvalue weighted by Gasteiger charge is -2.34. The summed E-state index contributed by atoms with van der Waals surface area (Å²) in [5, 5.41) is 4.43. The third-order valence-electron chi connectivity index (χ3n) is 3.93. The highest BCUT2D eigenvalue weighted by Crippen LogP contribution is 2.32. The molecule has 1 aliphatic carbocycles. The predicted octanol–water partition coefficient (Wildman–Crippen LogP) is 3.09. The summed E-state index contributed by atoms with van der Waals surface area (Å²) in [6, 6.07) is 3.58. The lowest BCUT2D eigenvalue weighted by Crippen LogP contribution is -2.45. The Morgan fingerprint density at radius 3 is 2.76 bits per heavy atom. The van der Waals surface area contributed by atoms with Crippen LogP contribution in [-0.2, 0) is 6.54 Å². The van der Waals surface area contributed by atoms with Gasteiger partial charge >= 0.3 is 0 Å². The summed E-state index contributed by atoms with van der Waals surface area (Å²) in [5.41, 5.74) is 7.45. The summed E-state index contributed by atoms with van der Waals surface area (Å²) in [6.07, 6.45) is 3.93. The molecule has 0 spiro atoms. The van der Waals surface area contributed by atoms with Crippen LogP contribution < -0.4 is 5.73 Å². The van der Waals surface area contributed by atoms with Gasteiger partial charge in [-0.05, 0) is 41.1 Å². The van der Waals surface area contributed by atoms with Crippen LogP contribution in [0.2, 0.25) is 0 Å². The van der Waals surface area contributed by atoms with Crippen molar-refractivity contribution in [2.24, 2.45) is 11.7 Å². The highest BCUT2D eigenvalue weighted by Gasteiger charge is 2.35. The second kappa shape index (κ2) is 5.98. The number of hydrogen-bond donors (Lipinski definition) is 1. The fourth-order valence-corrected chi connectivity index (χ4v) is 3.14. The lowest BCUT2D eigenvalue weighted by atomic mass is 9.97. The Kier molecular flexibility index (Phi) is 4.60. The van der Waals surface area contributed by atoms with Gasteiger partial charge in [0, 0.05) is 25.2 Å². The quantitative estimate of drug-likeness (QED) is 0.808. The van der Waals surface area contributed by atoms with Crippen LogP contribution in [0.4, 0.5) is 0 Å². The Balaban J connectivity index is 2.04. The molecule has 0 amide bonds. The Bertz CT molecular complexity index is 319. The van der Waals surface area contributed by atoms with Gasteiger partial charge in [0.15, 0.2) is 0 Å². The third-order valence-corrected chi connectivity index (χ3v) is 4.66. The van der Waals surface area contributed by atoms with Crippen molar-refractivity contribution in [2.75, 3.05) is 6.54 Å². The topological polar surface area (TPSA) is 29.3 Å². The van der Waals surface area contributed by atoms with Crippen LogP contribution in [0, 0.1) is 5.92 Å². The van der Waals surface area contributed by atoms with E-state index in [4.69, 9.17) is 5.73 Å². The summed E-state index contributed by atoms with van der Waals surface area (Å²) < 4.78 is 0. The highest BCUT2D eigenvalue weighted by atomic mass is 32.1. The molecule has 0 aliphatic heterocycles. The van der Waals surface area contributed by atoms with E-state index in [1.54, 1.807) is 11.3 Å². The first kappa shape index (κ1) is 13.1. The van der Waals surface area contributed by atoms with E-state index in [0.29, 0.717) is 12.0 Å². The molecular weight excluding hydrogens is 228 g/mol. The van der Waals surface area contributed by atoms with Gasteiger partial charge in [-0.1, -0.05) is 20.3 Å². The van der Waals surface area contributed by atoms with Crippen LogP contribution in [0.5, 0.6) is 0 Å². The van der Waals surface area contributed by atoms with Crippen molar-refractivity contribution in [2.45, 2.75) is 51.7 Å². The largest absolute Gasteiger partial charge is 0.329 e. The minimum atomic E-state index is 0.549. The van der Waals surface area contributed by atoms with E-state index in [1.165, 1.54) is 24.8 Å². The molecule has 1 aromatic rings. The van der Waals surface area contributed by atoms with Crippen molar-refractivity contribution in [3.63, 3.8) is 0 Å². The number of rotatable bonds is 7. The van der Waals surface area contributed by atoms with E-state index in [-0.39, 0.29) is 0 Å². The minimum absolute atomic E-state index is 0.549. The molecule has 96 valence electrons. The van der Waals surface area contributed by atoms with Gasteiger partial charge in [-0.2, -0.15) is 11.3 Å². The maximum Gasteiger partial charge on any atom is 0.0250 e. The molecule has 3 heteroatoms. The van der Waals surface area contributed by atoms with Gasteiger partial charge < -0.3 is 5.73 Å². The maximum atomic E-state index is 6.01. The van der Waals surface area contributed by atoms with E-state index < -0.39 is 0 Å². The maximum absolute atomic E-state index is 6.01. The van der Waals surface area contributed by atoms with Gasteiger partial charge in [-0.15, -0.1) is 0 Å². The van der Waals surface area contributed by atoms with Crippen LogP contribution in [-0.4, -0.2) is 23.5 Å². The van der Waals surface area contributed by atoms with Crippen molar-refractivity contribution in [3.05, 3.63) is 22.4 Å². The van der Waals surface area contributed by atoms with E-state index in [9.17, 15) is 0 Å². The zero-order chi connectivity index (χ0) is 12.3. The number of nitrogens with two attached hydrogens (primary N) is 1. The molecule has 1 fully saturated rings. The zero-order valence-electron chi connectivity index (χ0n) is 10.9. The van der Waals surface area contributed by atoms with Crippen LogP contribution in [0.1, 0.15) is 38.7 Å². The first-order valence-corrected chi connectivity index (χ1v) is 7.67. The van der Waals surface area contributed by atoms with Gasteiger partial charge in [0.25, 0.3) is 0 Å². The van der Waals surface area contributed by atoms with Crippen LogP contribution >= 0.6 is 11.3 Å². The summed E-state index contributed by atoms with van der Waals surface area (Å²) in [6.45, 7) is 6.47. The van der Waals surface area contributed by atoms with Gasteiger partial charge in [0.05, 0.1) is 0 Å². The molecule has 2 N–H and O–H groups in total. The van der Waals surface area contributed by atoms with Gasteiger partial charge in [0.1, 0.15) is 0 Å². The molecule has 1 saturated carbocycles. The molecular formula is C14H24N2S.